The molecule has 1 aliphatic heterocycles. The van der Waals surface area contributed by atoms with Gasteiger partial charge in [-0.3, -0.25) is 9.59 Å². The summed E-state index contributed by atoms with van der Waals surface area (Å²) in [6.45, 7) is 2.00. The molecule has 2 amide bonds. The SMILES string of the molecule is Cc1ccc(N2C(=O)[C@@H]3C(c4ccccc4)(c4ccccc4)[C@]3(c3ccccc3)C2=O)cc1. The topological polar surface area (TPSA) is 37.4 Å². The first-order chi connectivity index (χ1) is 16.1. The minimum atomic E-state index is -0.987. The van der Waals surface area contributed by atoms with Crippen LogP contribution in [-0.2, 0) is 20.4 Å². The monoisotopic (exact) mass is 429 g/mol. The molecule has 0 N–H and O–H groups in total. The van der Waals surface area contributed by atoms with Crippen molar-refractivity contribution < 1.29 is 9.59 Å². The molecule has 2 fully saturated rings. The standard InChI is InChI=1S/C30H23NO2/c1-21-17-19-25(20-18-21)31-27(32)26-29(22-11-5-2-6-12-22,23-13-7-3-8-14-23)30(26,28(31)33)24-15-9-4-10-16-24/h2-20,26H,1H3/t26-,30+/m1/s1. The quantitative estimate of drug-likeness (QED) is 0.406. The van der Waals surface area contributed by atoms with Crippen molar-refractivity contribution in [3.05, 3.63) is 138 Å². The number of hydrogen-bond donors (Lipinski definition) is 0. The lowest BCUT2D eigenvalue weighted by atomic mass is 9.76. The molecule has 0 bridgehead atoms. The molecule has 4 aromatic rings. The van der Waals surface area contributed by atoms with Crippen LogP contribution >= 0.6 is 0 Å². The highest BCUT2D eigenvalue weighted by Gasteiger charge is 2.89. The summed E-state index contributed by atoms with van der Waals surface area (Å²) in [6.07, 6.45) is 0. The molecule has 4 aromatic carbocycles. The number of carbonyl (C=O) groups is 2. The Hall–Kier alpha value is -3.98. The number of carbonyl (C=O) groups excluding carboxylic acids is 2. The minimum Gasteiger partial charge on any atom is -0.274 e. The van der Waals surface area contributed by atoms with Crippen LogP contribution in [0.4, 0.5) is 5.69 Å². The van der Waals surface area contributed by atoms with Gasteiger partial charge < -0.3 is 0 Å². The van der Waals surface area contributed by atoms with Gasteiger partial charge in [-0.05, 0) is 35.7 Å². The van der Waals surface area contributed by atoms with Gasteiger partial charge in [-0.2, -0.15) is 0 Å². The number of piperidine rings is 1. The van der Waals surface area contributed by atoms with E-state index in [1.54, 1.807) is 0 Å². The summed E-state index contributed by atoms with van der Waals surface area (Å²) in [5.41, 5.74) is 2.86. The molecule has 2 aliphatic rings. The Morgan fingerprint density at radius 3 is 1.45 bits per heavy atom. The van der Waals surface area contributed by atoms with E-state index in [2.05, 4.69) is 0 Å². The number of nitrogens with zero attached hydrogens (tertiary/aromatic N) is 1. The van der Waals surface area contributed by atoms with Gasteiger partial charge in [0.15, 0.2) is 0 Å². The van der Waals surface area contributed by atoms with Crippen LogP contribution in [0.2, 0.25) is 0 Å². The summed E-state index contributed by atoms with van der Waals surface area (Å²) in [4.78, 5) is 29.9. The molecular formula is C30H23NO2. The smallest absolute Gasteiger partial charge is 0.246 e. The fourth-order valence-electron chi connectivity index (χ4n) is 6.06. The van der Waals surface area contributed by atoms with Crippen LogP contribution in [0.1, 0.15) is 22.3 Å². The summed E-state index contributed by atoms with van der Waals surface area (Å²) in [5.74, 6) is -0.799. The van der Waals surface area contributed by atoms with Crippen molar-refractivity contribution in [2.24, 2.45) is 5.92 Å². The first-order valence-electron chi connectivity index (χ1n) is 11.2. The number of amides is 2. The molecule has 0 unspecified atom stereocenters. The average molecular weight is 430 g/mol. The lowest BCUT2D eigenvalue weighted by molar-refractivity contribution is -0.124. The van der Waals surface area contributed by atoms with Gasteiger partial charge in [0.2, 0.25) is 11.8 Å². The van der Waals surface area contributed by atoms with E-state index >= 15 is 0 Å². The van der Waals surface area contributed by atoms with Gasteiger partial charge in [0.1, 0.15) is 5.41 Å². The van der Waals surface area contributed by atoms with Gasteiger partial charge in [-0.1, -0.05) is 109 Å². The maximum Gasteiger partial charge on any atom is 0.246 e. The minimum absolute atomic E-state index is 0.139. The first-order valence-corrected chi connectivity index (χ1v) is 11.2. The largest absolute Gasteiger partial charge is 0.274 e. The number of aryl methyl sites for hydroxylation is 1. The van der Waals surface area contributed by atoms with Gasteiger partial charge in [0.05, 0.1) is 17.0 Å². The highest BCUT2D eigenvalue weighted by atomic mass is 16.2. The zero-order chi connectivity index (χ0) is 22.6. The van der Waals surface area contributed by atoms with Crippen LogP contribution in [0.15, 0.2) is 115 Å². The van der Waals surface area contributed by atoms with Gasteiger partial charge in [0, 0.05) is 0 Å². The van der Waals surface area contributed by atoms with Gasteiger partial charge in [-0.25, -0.2) is 4.90 Å². The molecule has 1 saturated heterocycles. The number of hydrogen-bond acceptors (Lipinski definition) is 2. The summed E-state index contributed by atoms with van der Waals surface area (Å²) < 4.78 is 0. The van der Waals surface area contributed by atoms with E-state index < -0.39 is 16.7 Å². The summed E-state index contributed by atoms with van der Waals surface area (Å²) >= 11 is 0. The van der Waals surface area contributed by atoms with E-state index in [0.717, 1.165) is 22.3 Å². The zero-order valence-electron chi connectivity index (χ0n) is 18.3. The number of imide groups is 1. The normalized spacial score (nSPS) is 22.8. The molecule has 2 atom stereocenters. The molecular weight excluding hydrogens is 406 g/mol. The Balaban J connectivity index is 1.64. The van der Waals surface area contributed by atoms with Crippen LogP contribution in [-0.4, -0.2) is 11.8 Å². The third-order valence-corrected chi connectivity index (χ3v) is 7.39. The van der Waals surface area contributed by atoms with E-state index in [-0.39, 0.29) is 11.8 Å². The molecule has 1 heterocycles. The van der Waals surface area contributed by atoms with Gasteiger partial charge >= 0.3 is 0 Å². The van der Waals surface area contributed by atoms with Crippen LogP contribution in [0.25, 0.3) is 0 Å². The Morgan fingerprint density at radius 1 is 0.576 bits per heavy atom. The average Bonchev–Trinajstić information content (AvgIpc) is 3.46. The Morgan fingerprint density at radius 2 is 1.00 bits per heavy atom. The highest BCUT2D eigenvalue weighted by Crippen LogP contribution is 2.77. The third kappa shape index (κ3) is 2.39. The maximum atomic E-state index is 14.4. The predicted molar refractivity (Wildman–Crippen MR) is 129 cm³/mol. The van der Waals surface area contributed by atoms with Gasteiger partial charge in [0.25, 0.3) is 0 Å². The fourth-order valence-corrected chi connectivity index (χ4v) is 6.06. The van der Waals surface area contributed by atoms with E-state index in [0.29, 0.717) is 5.69 Å². The number of fused-ring (bicyclic) bond motifs is 1. The van der Waals surface area contributed by atoms with E-state index in [4.69, 9.17) is 0 Å². The second-order valence-electron chi connectivity index (χ2n) is 8.96. The molecule has 3 heteroatoms. The molecule has 0 aromatic heterocycles. The lowest BCUT2D eigenvalue weighted by Crippen LogP contribution is -2.44. The second kappa shape index (κ2) is 7.01. The van der Waals surface area contributed by atoms with E-state index in [1.165, 1.54) is 4.90 Å². The second-order valence-corrected chi connectivity index (χ2v) is 8.96. The van der Waals surface area contributed by atoms with Crippen molar-refractivity contribution in [3.8, 4) is 0 Å². The Kier molecular flexibility index (Phi) is 4.18. The maximum absolute atomic E-state index is 14.4. The summed E-state index contributed by atoms with van der Waals surface area (Å²) in [7, 11) is 0. The number of rotatable bonds is 4. The van der Waals surface area contributed by atoms with Crippen LogP contribution in [0, 0.1) is 12.8 Å². The highest BCUT2D eigenvalue weighted by molar-refractivity contribution is 6.32. The molecule has 1 saturated carbocycles. The molecule has 1 aliphatic carbocycles. The number of anilines is 1. The molecule has 33 heavy (non-hydrogen) atoms. The molecule has 6 rings (SSSR count). The third-order valence-electron chi connectivity index (χ3n) is 7.39. The Labute approximate surface area is 193 Å². The summed E-state index contributed by atoms with van der Waals surface area (Å²) in [5, 5.41) is 0. The lowest BCUT2D eigenvalue weighted by Gasteiger charge is -2.31. The first kappa shape index (κ1) is 19.7. The zero-order valence-corrected chi connectivity index (χ0v) is 18.3. The van der Waals surface area contributed by atoms with Crippen molar-refractivity contribution >= 4 is 17.5 Å². The van der Waals surface area contributed by atoms with Gasteiger partial charge in [-0.15, -0.1) is 0 Å². The molecule has 0 radical (unpaired) electrons. The van der Waals surface area contributed by atoms with Crippen molar-refractivity contribution in [2.45, 2.75) is 17.8 Å². The van der Waals surface area contributed by atoms with Crippen molar-refractivity contribution in [2.75, 3.05) is 4.90 Å². The van der Waals surface area contributed by atoms with Crippen molar-refractivity contribution in [1.29, 1.82) is 0 Å². The van der Waals surface area contributed by atoms with Crippen molar-refractivity contribution in [3.63, 3.8) is 0 Å². The van der Waals surface area contributed by atoms with E-state index in [1.807, 2.05) is 122 Å². The molecule has 3 nitrogen and oxygen atoms in total. The van der Waals surface area contributed by atoms with Crippen molar-refractivity contribution in [1.82, 2.24) is 0 Å². The van der Waals surface area contributed by atoms with Crippen LogP contribution < -0.4 is 4.90 Å². The number of benzene rings is 4. The molecule has 160 valence electrons. The fraction of sp³-hybridized carbons (Fsp3) is 0.133. The van der Waals surface area contributed by atoms with Crippen LogP contribution in [0.5, 0.6) is 0 Å². The summed E-state index contributed by atoms with van der Waals surface area (Å²) in [6, 6.07) is 37.5. The molecule has 0 spiro atoms. The van der Waals surface area contributed by atoms with E-state index in [9.17, 15) is 9.59 Å². The Bertz CT molecular complexity index is 1310. The predicted octanol–water partition coefficient (Wildman–Crippen LogP) is 5.42. The van der Waals surface area contributed by atoms with Crippen LogP contribution in [0.3, 0.4) is 0 Å².